The first kappa shape index (κ1) is 51.4. The topological polar surface area (TPSA) is 152 Å². The van der Waals surface area contributed by atoms with Crippen molar-refractivity contribution in [2.24, 2.45) is 0 Å². The molecule has 4 N–H and O–H groups in total. The van der Waals surface area contributed by atoms with Gasteiger partial charge in [-0.05, 0) is 89.9 Å². The summed E-state index contributed by atoms with van der Waals surface area (Å²) in [4.78, 5) is 25.2. The van der Waals surface area contributed by atoms with E-state index >= 15 is 0 Å². The van der Waals surface area contributed by atoms with Crippen LogP contribution < -0.4 is 0 Å². The smallest absolute Gasteiger partial charge is 0.306 e. The molecular weight excluding hydrogens is 725 g/mol. The summed E-state index contributed by atoms with van der Waals surface area (Å²) in [7, 11) is 0. The number of aliphatic hydroxyl groups is 4. The number of aliphatic hydroxyl groups excluding tert-OH is 4. The molecule has 6 unspecified atom stereocenters. The number of carbonyl (C=O) groups excluding carboxylic acids is 2. The number of carbonyl (C=O) groups is 2. The summed E-state index contributed by atoms with van der Waals surface area (Å²) in [5.74, 6) is -0.939. The minimum absolute atomic E-state index is 0.135. The molecule has 320 valence electrons. The molecule has 0 aliphatic carbocycles. The van der Waals surface area contributed by atoms with Gasteiger partial charge in [-0.2, -0.15) is 0 Å². The van der Waals surface area contributed by atoms with Crippen LogP contribution in [0.25, 0.3) is 0 Å². The fourth-order valence-electron chi connectivity index (χ4n) is 5.39. The minimum Gasteiger partial charge on any atom is -0.462 e. The maximum Gasteiger partial charge on any atom is 0.306 e. The number of hydrogen-bond acceptors (Lipinski definition) is 10. The van der Waals surface area contributed by atoms with Gasteiger partial charge < -0.3 is 39.4 Å². The molecule has 1 saturated heterocycles. The lowest BCUT2D eigenvalue weighted by Crippen LogP contribution is -2.59. The Morgan fingerprint density at radius 2 is 0.982 bits per heavy atom. The van der Waals surface area contributed by atoms with E-state index in [2.05, 4.69) is 117 Å². The molecule has 1 rings (SSSR count). The summed E-state index contributed by atoms with van der Waals surface area (Å²) in [6.07, 6.45) is 42.5. The van der Waals surface area contributed by atoms with E-state index in [1.165, 1.54) is 0 Å². The SMILES string of the molecule is CC/C=C\C/C=C\C/C=C\C/C=C\C/C=C\CCCC(=O)OC(COC(=O)CCCC/C=C\C/C=C\C/C=C\C/C=C\CC)COC1OC(CO)C(O)C(O)C1O. The molecule has 6 atom stereocenters. The van der Waals surface area contributed by atoms with Gasteiger partial charge in [-0.25, -0.2) is 0 Å². The summed E-state index contributed by atoms with van der Waals surface area (Å²) in [5, 5.41) is 40.0. The molecular formula is C47H72O10. The number of hydrogen-bond donors (Lipinski definition) is 4. The highest BCUT2D eigenvalue weighted by Gasteiger charge is 2.44. The third kappa shape index (κ3) is 28.4. The van der Waals surface area contributed by atoms with Gasteiger partial charge in [0.05, 0.1) is 13.2 Å². The standard InChI is InChI=1S/C47H72O10/c1-3-5-7-9-11-13-15-17-19-20-22-24-26-28-30-32-34-36-43(50)56-40(39-55-47-46(53)45(52)44(51)41(37-48)57-47)38-54-42(49)35-33-31-29-27-25-23-21-18-16-14-12-10-8-6-4-2/h5-8,11-14,17-19,21-22,24-25,27-28,30,40-41,44-48,51-53H,3-4,9-10,15-16,20,23,26,29,31-39H2,1-2H3/b7-5-,8-6-,13-11-,14-12-,19-17-,21-18-,24-22-,27-25-,30-28-. The lowest BCUT2D eigenvalue weighted by atomic mass is 9.99. The van der Waals surface area contributed by atoms with Gasteiger partial charge in [0.1, 0.15) is 31.0 Å². The zero-order valence-corrected chi connectivity index (χ0v) is 34.5. The molecule has 10 nitrogen and oxygen atoms in total. The van der Waals surface area contributed by atoms with Crippen molar-refractivity contribution in [2.75, 3.05) is 19.8 Å². The molecule has 1 fully saturated rings. The van der Waals surface area contributed by atoms with Crippen LogP contribution in [0.3, 0.4) is 0 Å². The van der Waals surface area contributed by atoms with E-state index in [9.17, 15) is 30.0 Å². The summed E-state index contributed by atoms with van der Waals surface area (Å²) in [6.45, 7) is 3.06. The molecule has 0 bridgehead atoms. The fourth-order valence-corrected chi connectivity index (χ4v) is 5.39. The average molecular weight is 797 g/mol. The summed E-state index contributed by atoms with van der Waals surface area (Å²) in [5.41, 5.74) is 0. The third-order valence-electron chi connectivity index (χ3n) is 8.65. The fraction of sp³-hybridized carbons (Fsp3) is 0.574. The van der Waals surface area contributed by atoms with Crippen LogP contribution in [0.4, 0.5) is 0 Å². The zero-order chi connectivity index (χ0) is 41.6. The molecule has 0 radical (unpaired) electrons. The first-order valence-corrected chi connectivity index (χ1v) is 21.0. The number of unbranched alkanes of at least 4 members (excludes halogenated alkanes) is 3. The van der Waals surface area contributed by atoms with Crippen LogP contribution in [0.5, 0.6) is 0 Å². The predicted octanol–water partition coefficient (Wildman–Crippen LogP) is 8.55. The minimum atomic E-state index is -1.62. The summed E-state index contributed by atoms with van der Waals surface area (Å²) >= 11 is 0. The molecule has 1 aliphatic rings. The second kappa shape index (κ2) is 36.7. The summed E-state index contributed by atoms with van der Waals surface area (Å²) in [6, 6.07) is 0. The molecule has 10 heteroatoms. The Morgan fingerprint density at radius 1 is 0.544 bits per heavy atom. The van der Waals surface area contributed by atoms with Gasteiger partial charge in [-0.1, -0.05) is 123 Å². The molecule has 0 aromatic carbocycles. The van der Waals surface area contributed by atoms with Crippen molar-refractivity contribution >= 4 is 11.9 Å². The van der Waals surface area contributed by atoms with Gasteiger partial charge in [-0.3, -0.25) is 9.59 Å². The van der Waals surface area contributed by atoms with Crippen molar-refractivity contribution in [3.8, 4) is 0 Å². The maximum atomic E-state index is 12.7. The van der Waals surface area contributed by atoms with E-state index < -0.39 is 55.4 Å². The van der Waals surface area contributed by atoms with Crippen LogP contribution >= 0.6 is 0 Å². The maximum absolute atomic E-state index is 12.7. The molecule has 0 saturated carbocycles. The summed E-state index contributed by atoms with van der Waals surface area (Å²) < 4.78 is 22.0. The van der Waals surface area contributed by atoms with Crippen LogP contribution in [0.15, 0.2) is 109 Å². The van der Waals surface area contributed by atoms with Crippen LogP contribution in [0.1, 0.15) is 117 Å². The van der Waals surface area contributed by atoms with Crippen LogP contribution in [-0.2, 0) is 28.5 Å². The van der Waals surface area contributed by atoms with E-state index in [1.54, 1.807) is 0 Å². The Labute approximate surface area is 342 Å². The van der Waals surface area contributed by atoms with Gasteiger partial charge in [0.25, 0.3) is 0 Å². The van der Waals surface area contributed by atoms with Crippen molar-refractivity contribution in [1.82, 2.24) is 0 Å². The first-order chi connectivity index (χ1) is 27.8. The van der Waals surface area contributed by atoms with Crippen molar-refractivity contribution < 1.29 is 49.0 Å². The second-order valence-corrected chi connectivity index (χ2v) is 13.7. The van der Waals surface area contributed by atoms with E-state index in [4.69, 9.17) is 18.9 Å². The lowest BCUT2D eigenvalue weighted by molar-refractivity contribution is -0.305. The van der Waals surface area contributed by atoms with Crippen LogP contribution in [-0.4, -0.2) is 89.0 Å². The molecule has 0 aromatic rings. The van der Waals surface area contributed by atoms with E-state index in [-0.39, 0.29) is 26.1 Å². The van der Waals surface area contributed by atoms with Gasteiger partial charge >= 0.3 is 11.9 Å². The van der Waals surface area contributed by atoms with Gasteiger partial charge in [0.2, 0.25) is 0 Å². The largest absolute Gasteiger partial charge is 0.462 e. The Balaban J connectivity index is 2.46. The number of ether oxygens (including phenoxy) is 4. The van der Waals surface area contributed by atoms with Gasteiger partial charge in [0.15, 0.2) is 12.4 Å². The third-order valence-corrected chi connectivity index (χ3v) is 8.65. The zero-order valence-electron chi connectivity index (χ0n) is 34.5. The predicted molar refractivity (Wildman–Crippen MR) is 228 cm³/mol. The number of rotatable bonds is 32. The molecule has 1 heterocycles. The van der Waals surface area contributed by atoms with E-state index in [1.807, 2.05) is 6.08 Å². The number of esters is 2. The normalized spacial score (nSPS) is 21.4. The van der Waals surface area contributed by atoms with Crippen molar-refractivity contribution in [3.63, 3.8) is 0 Å². The second-order valence-electron chi connectivity index (χ2n) is 13.7. The van der Waals surface area contributed by atoms with Crippen molar-refractivity contribution in [1.29, 1.82) is 0 Å². The molecule has 0 amide bonds. The molecule has 0 spiro atoms. The molecule has 0 aromatic heterocycles. The average Bonchev–Trinajstić information content (AvgIpc) is 3.21. The van der Waals surface area contributed by atoms with Crippen LogP contribution in [0.2, 0.25) is 0 Å². The Kier molecular flexibility index (Phi) is 33.1. The lowest BCUT2D eigenvalue weighted by Gasteiger charge is -2.39. The van der Waals surface area contributed by atoms with Gasteiger partial charge in [0, 0.05) is 12.8 Å². The van der Waals surface area contributed by atoms with E-state index in [0.29, 0.717) is 19.3 Å². The Hall–Kier alpha value is -3.64. The highest BCUT2D eigenvalue weighted by molar-refractivity contribution is 5.70. The number of allylic oxidation sites excluding steroid dienone is 18. The van der Waals surface area contributed by atoms with Gasteiger partial charge in [-0.15, -0.1) is 0 Å². The van der Waals surface area contributed by atoms with Crippen LogP contribution in [0, 0.1) is 0 Å². The van der Waals surface area contributed by atoms with Crippen molar-refractivity contribution in [2.45, 2.75) is 153 Å². The highest BCUT2D eigenvalue weighted by Crippen LogP contribution is 2.22. The van der Waals surface area contributed by atoms with E-state index in [0.717, 1.165) is 70.6 Å². The quantitative estimate of drug-likeness (QED) is 0.0296. The van der Waals surface area contributed by atoms with Crippen molar-refractivity contribution in [3.05, 3.63) is 109 Å². The highest BCUT2D eigenvalue weighted by atomic mass is 16.7. The molecule has 57 heavy (non-hydrogen) atoms. The monoisotopic (exact) mass is 797 g/mol. The Bertz CT molecular complexity index is 1290. The molecule has 1 aliphatic heterocycles. The Morgan fingerprint density at radius 3 is 1.46 bits per heavy atom. The first-order valence-electron chi connectivity index (χ1n) is 21.0.